The van der Waals surface area contributed by atoms with E-state index >= 15 is 0 Å². The molecule has 0 spiro atoms. The summed E-state index contributed by atoms with van der Waals surface area (Å²) in [6, 6.07) is 42.7. The zero-order valence-electron chi connectivity index (χ0n) is 33.2. The molecule has 4 heteroatoms. The Bertz CT molecular complexity index is 3040. The molecule has 2 heterocycles. The topological polar surface area (TPSA) is 32.8 Å². The zero-order chi connectivity index (χ0) is 40.3. The van der Waals surface area contributed by atoms with E-state index in [1.807, 2.05) is 37.3 Å². The highest BCUT2D eigenvalue weighted by Gasteiger charge is 2.45. The van der Waals surface area contributed by atoms with Gasteiger partial charge in [0.1, 0.15) is 22.3 Å². The summed E-state index contributed by atoms with van der Waals surface area (Å²) in [5, 5.41) is 3.98. The summed E-state index contributed by atoms with van der Waals surface area (Å²) >= 11 is 0. The molecule has 0 bridgehead atoms. The molecule has 1 aliphatic rings. The van der Waals surface area contributed by atoms with Crippen molar-refractivity contribution in [3.63, 3.8) is 0 Å². The van der Waals surface area contributed by atoms with Crippen LogP contribution in [0.5, 0.6) is 0 Å². The lowest BCUT2D eigenvalue weighted by Gasteiger charge is -2.40. The van der Waals surface area contributed by atoms with Gasteiger partial charge in [0.2, 0.25) is 0 Å². The van der Waals surface area contributed by atoms with Gasteiger partial charge >= 0.3 is 0 Å². The minimum Gasteiger partial charge on any atom is -0.455 e. The minimum atomic E-state index is -0.929. The number of rotatable bonds is 10. The quantitative estimate of drug-likeness (QED) is 0.130. The molecule has 6 aromatic carbocycles. The smallest absolute Gasteiger partial charge is 0.145 e. The lowest BCUT2D eigenvalue weighted by atomic mass is 9.63. The van der Waals surface area contributed by atoms with E-state index in [1.165, 1.54) is 0 Å². The molecule has 0 atom stereocenters. The van der Waals surface area contributed by atoms with Gasteiger partial charge in [0, 0.05) is 44.7 Å². The third-order valence-electron chi connectivity index (χ3n) is 11.7. The molecule has 58 heavy (non-hydrogen) atoms. The average Bonchev–Trinajstić information content (AvgIpc) is 3.80. The average molecular weight is 753 g/mol. The first-order valence-electron chi connectivity index (χ1n) is 19.5. The van der Waals surface area contributed by atoms with E-state index in [0.29, 0.717) is 5.70 Å². The standard InChI is InChI=1S/C54H44N2O2/c1-9-35(6)55(34(4)5)46-32-44-40(52-50(46)42-26-18-20-28-48(42)57-52)30-31-41-45(54(44,38-22-14-12-15-23-38)39-24-16-13-17-25-39)33-47(56(36(7)10-2)37(8)11-3)51-43-27-19-21-29-49(43)58-53(41)51/h9-33H,1-2,4,6-7H2,3,5,8H3/b37-11+. The molecule has 2 aromatic heterocycles. The Hall–Kier alpha value is -7.30. The van der Waals surface area contributed by atoms with Crippen molar-refractivity contribution in [2.75, 3.05) is 9.80 Å². The van der Waals surface area contributed by atoms with Gasteiger partial charge in [0.25, 0.3) is 0 Å². The first-order valence-corrected chi connectivity index (χ1v) is 19.5. The highest BCUT2D eigenvalue weighted by Crippen LogP contribution is 2.56. The van der Waals surface area contributed by atoms with Crippen LogP contribution in [0.25, 0.3) is 56.0 Å². The summed E-state index contributed by atoms with van der Waals surface area (Å²) in [4.78, 5) is 4.28. The molecule has 0 saturated carbocycles. The maximum Gasteiger partial charge on any atom is 0.145 e. The largest absolute Gasteiger partial charge is 0.455 e. The van der Waals surface area contributed by atoms with Crippen LogP contribution in [0, 0.1) is 0 Å². The van der Waals surface area contributed by atoms with Crippen molar-refractivity contribution in [2.24, 2.45) is 0 Å². The van der Waals surface area contributed by atoms with Crippen LogP contribution in [0.3, 0.4) is 0 Å². The maximum atomic E-state index is 7.04. The molecule has 282 valence electrons. The van der Waals surface area contributed by atoms with Crippen LogP contribution in [-0.4, -0.2) is 0 Å². The van der Waals surface area contributed by atoms with Crippen LogP contribution >= 0.6 is 0 Å². The molecule has 8 aromatic rings. The van der Waals surface area contributed by atoms with Crippen LogP contribution in [0.4, 0.5) is 11.4 Å². The fraction of sp³-hybridized carbons (Fsp3) is 0.0741. The van der Waals surface area contributed by atoms with Gasteiger partial charge in [-0.3, -0.25) is 0 Å². The van der Waals surface area contributed by atoms with Crippen molar-refractivity contribution < 1.29 is 8.83 Å². The predicted molar refractivity (Wildman–Crippen MR) is 246 cm³/mol. The van der Waals surface area contributed by atoms with Gasteiger partial charge in [-0.15, -0.1) is 0 Å². The number of hydrogen-bond donors (Lipinski definition) is 0. The molecule has 0 radical (unpaired) electrons. The first kappa shape index (κ1) is 36.3. The molecule has 0 amide bonds. The lowest BCUT2D eigenvalue weighted by molar-refractivity contribution is 0.660. The Labute approximate surface area is 339 Å². The van der Waals surface area contributed by atoms with Gasteiger partial charge in [0.15, 0.2) is 0 Å². The van der Waals surface area contributed by atoms with Crippen LogP contribution in [-0.2, 0) is 5.41 Å². The summed E-state index contributed by atoms with van der Waals surface area (Å²) in [6.07, 6.45) is 10.1. The van der Waals surface area contributed by atoms with E-state index in [-0.39, 0.29) is 0 Å². The SMILES string of the molecule is C=CC(=C)N(C(=C)C)c1cc2c(c3oc4ccccc4c13)C=Cc1c(cc(N(C(=C)C=C)/C(C)=C/C)c3c1oc1ccccc13)C2(c1ccccc1)c1ccccc1. The van der Waals surface area contributed by atoms with E-state index in [1.54, 1.807) is 6.08 Å². The summed E-state index contributed by atoms with van der Waals surface area (Å²) in [5.74, 6) is 0. The molecule has 0 fully saturated rings. The van der Waals surface area contributed by atoms with Gasteiger partial charge < -0.3 is 18.6 Å². The Morgan fingerprint density at radius 1 is 0.569 bits per heavy atom. The zero-order valence-corrected chi connectivity index (χ0v) is 33.2. The normalized spacial score (nSPS) is 13.3. The Balaban J connectivity index is 1.58. The lowest BCUT2D eigenvalue weighted by Crippen LogP contribution is -2.33. The monoisotopic (exact) mass is 752 g/mol. The Morgan fingerprint density at radius 2 is 0.983 bits per heavy atom. The minimum absolute atomic E-state index is 0.709. The van der Waals surface area contributed by atoms with E-state index in [0.717, 1.165) is 106 Å². The van der Waals surface area contributed by atoms with E-state index < -0.39 is 5.41 Å². The van der Waals surface area contributed by atoms with Gasteiger partial charge in [-0.1, -0.05) is 148 Å². The summed E-state index contributed by atoms with van der Waals surface area (Å²) < 4.78 is 14.1. The van der Waals surface area contributed by atoms with Crippen molar-refractivity contribution in [1.82, 2.24) is 0 Å². The highest BCUT2D eigenvalue weighted by atomic mass is 16.3. The molecule has 9 rings (SSSR count). The third-order valence-corrected chi connectivity index (χ3v) is 11.7. The second-order valence-corrected chi connectivity index (χ2v) is 14.9. The number of hydrogen-bond acceptors (Lipinski definition) is 4. The number of para-hydroxylation sites is 2. The predicted octanol–water partition coefficient (Wildman–Crippen LogP) is 14.8. The fourth-order valence-corrected chi connectivity index (χ4v) is 9.07. The van der Waals surface area contributed by atoms with Gasteiger partial charge in [-0.05, 0) is 79.4 Å². The number of nitrogens with zero attached hydrogens (tertiary/aromatic N) is 2. The van der Waals surface area contributed by atoms with Crippen molar-refractivity contribution in [1.29, 1.82) is 0 Å². The fourth-order valence-electron chi connectivity index (χ4n) is 9.07. The summed E-state index contributed by atoms with van der Waals surface area (Å²) in [5.41, 5.74) is 13.5. The van der Waals surface area contributed by atoms with E-state index in [4.69, 9.17) is 8.83 Å². The van der Waals surface area contributed by atoms with Crippen LogP contribution in [0.1, 0.15) is 54.2 Å². The van der Waals surface area contributed by atoms with Crippen molar-refractivity contribution in [3.8, 4) is 0 Å². The second-order valence-electron chi connectivity index (χ2n) is 14.9. The molecule has 0 aliphatic heterocycles. The molecule has 0 unspecified atom stereocenters. The van der Waals surface area contributed by atoms with Crippen molar-refractivity contribution >= 4 is 67.4 Å². The first-order chi connectivity index (χ1) is 28.2. The highest BCUT2D eigenvalue weighted by molar-refractivity contribution is 6.18. The van der Waals surface area contributed by atoms with Crippen molar-refractivity contribution in [2.45, 2.75) is 26.2 Å². The molecule has 0 saturated heterocycles. The van der Waals surface area contributed by atoms with Gasteiger partial charge in [-0.25, -0.2) is 0 Å². The van der Waals surface area contributed by atoms with E-state index in [9.17, 15) is 0 Å². The molecular formula is C54H44N2O2. The van der Waals surface area contributed by atoms with Crippen molar-refractivity contribution in [3.05, 3.63) is 229 Å². The molecular weight excluding hydrogens is 709 g/mol. The molecule has 0 N–H and O–H groups in total. The second kappa shape index (κ2) is 14.0. The summed E-state index contributed by atoms with van der Waals surface area (Å²) in [6.45, 7) is 27.9. The number of anilines is 2. The molecule has 4 nitrogen and oxygen atoms in total. The Morgan fingerprint density at radius 3 is 1.41 bits per heavy atom. The number of furan rings is 2. The van der Waals surface area contributed by atoms with Crippen LogP contribution in [0.15, 0.2) is 204 Å². The summed E-state index contributed by atoms with van der Waals surface area (Å²) in [7, 11) is 0. The number of benzene rings is 6. The number of allylic oxidation sites excluding steroid dienone is 5. The third kappa shape index (κ3) is 5.22. The number of fused-ring (bicyclic) bond motifs is 10. The van der Waals surface area contributed by atoms with Crippen LogP contribution < -0.4 is 9.80 Å². The molecule has 1 aliphatic carbocycles. The van der Waals surface area contributed by atoms with Gasteiger partial charge in [-0.2, -0.15) is 0 Å². The van der Waals surface area contributed by atoms with Crippen LogP contribution in [0.2, 0.25) is 0 Å². The Kier molecular flexibility index (Phi) is 8.78. The van der Waals surface area contributed by atoms with E-state index in [2.05, 4.69) is 172 Å². The maximum absolute atomic E-state index is 7.04. The van der Waals surface area contributed by atoms with Gasteiger partial charge in [0.05, 0.1) is 27.6 Å².